The predicted octanol–water partition coefficient (Wildman–Crippen LogP) is 1.98. The number of hydrogen-bond donors (Lipinski definition) is 1. The smallest absolute Gasteiger partial charge is 0.0964 e. The zero-order valence-electron chi connectivity index (χ0n) is 12.1. The van der Waals surface area contributed by atoms with E-state index < -0.39 is 0 Å². The fraction of sp³-hybridized carbons (Fsp3) is 0.857. The molecule has 0 spiro atoms. The summed E-state index contributed by atoms with van der Waals surface area (Å²) in [6.07, 6.45) is 8.92. The maximum atomic E-state index is 6.06. The summed E-state index contributed by atoms with van der Waals surface area (Å²) < 4.78 is 7.93. The summed E-state index contributed by atoms with van der Waals surface area (Å²) in [6, 6.07) is 0. The molecule has 1 aromatic rings. The van der Waals surface area contributed by atoms with E-state index in [1.807, 2.05) is 17.9 Å². The molecule has 5 heteroatoms. The van der Waals surface area contributed by atoms with E-state index in [1.165, 1.54) is 32.1 Å². The Kier molecular flexibility index (Phi) is 5.79. The molecule has 0 aromatic carbocycles. The van der Waals surface area contributed by atoms with E-state index in [1.54, 1.807) is 0 Å². The van der Waals surface area contributed by atoms with Crippen molar-refractivity contribution in [3.63, 3.8) is 0 Å². The van der Waals surface area contributed by atoms with E-state index in [2.05, 4.69) is 22.6 Å². The fourth-order valence-electron chi connectivity index (χ4n) is 2.87. The van der Waals surface area contributed by atoms with Gasteiger partial charge in [-0.15, -0.1) is 5.10 Å². The Hall–Kier alpha value is -0.940. The average Bonchev–Trinajstić information content (AvgIpc) is 2.87. The molecule has 1 fully saturated rings. The Bertz CT molecular complexity index is 366. The molecule has 5 nitrogen and oxygen atoms in total. The lowest BCUT2D eigenvalue weighted by atomic mass is 9.85. The third-order valence-electron chi connectivity index (χ3n) is 3.96. The molecule has 1 saturated carbocycles. The number of rotatable bonds is 7. The maximum Gasteiger partial charge on any atom is 0.0964 e. The summed E-state index contributed by atoms with van der Waals surface area (Å²) in [4.78, 5) is 0. The Morgan fingerprint density at radius 1 is 1.42 bits per heavy atom. The standard InChI is InChI=1S/C14H26N4O/c1-3-12-6-4-5-7-14(12)19-9-8-18-11-13(10-15-2)16-17-18/h11-12,14-15H,3-10H2,1-2H3. The van der Waals surface area contributed by atoms with Crippen LogP contribution in [0.3, 0.4) is 0 Å². The molecule has 1 N–H and O–H groups in total. The van der Waals surface area contributed by atoms with E-state index in [-0.39, 0.29) is 0 Å². The minimum Gasteiger partial charge on any atom is -0.376 e. The summed E-state index contributed by atoms with van der Waals surface area (Å²) in [5, 5.41) is 11.3. The Morgan fingerprint density at radius 2 is 2.26 bits per heavy atom. The largest absolute Gasteiger partial charge is 0.376 e. The van der Waals surface area contributed by atoms with Crippen molar-refractivity contribution in [2.24, 2.45) is 5.92 Å². The summed E-state index contributed by atoms with van der Waals surface area (Å²) in [7, 11) is 1.91. The van der Waals surface area contributed by atoms with Crippen molar-refractivity contribution in [3.05, 3.63) is 11.9 Å². The number of nitrogens with one attached hydrogen (secondary N) is 1. The van der Waals surface area contributed by atoms with Crippen LogP contribution in [0.2, 0.25) is 0 Å². The number of nitrogens with zero attached hydrogens (tertiary/aromatic N) is 3. The number of ether oxygens (including phenoxy) is 1. The predicted molar refractivity (Wildman–Crippen MR) is 74.8 cm³/mol. The molecule has 19 heavy (non-hydrogen) atoms. The summed E-state index contributed by atoms with van der Waals surface area (Å²) in [5.41, 5.74) is 0.978. The Morgan fingerprint density at radius 3 is 3.05 bits per heavy atom. The Labute approximate surface area is 115 Å². The zero-order chi connectivity index (χ0) is 13.5. The third-order valence-corrected chi connectivity index (χ3v) is 3.96. The van der Waals surface area contributed by atoms with Crippen LogP contribution in [0.15, 0.2) is 6.20 Å². The second-order valence-corrected chi connectivity index (χ2v) is 5.37. The van der Waals surface area contributed by atoms with Gasteiger partial charge in [0.25, 0.3) is 0 Å². The Balaban J connectivity index is 1.72. The highest BCUT2D eigenvalue weighted by Crippen LogP contribution is 2.28. The van der Waals surface area contributed by atoms with Crippen LogP contribution in [-0.4, -0.2) is 34.8 Å². The van der Waals surface area contributed by atoms with Crippen LogP contribution in [0.5, 0.6) is 0 Å². The van der Waals surface area contributed by atoms with Crippen LogP contribution in [0.25, 0.3) is 0 Å². The van der Waals surface area contributed by atoms with E-state index in [0.717, 1.165) is 31.3 Å². The molecular formula is C14H26N4O. The lowest BCUT2D eigenvalue weighted by molar-refractivity contribution is -0.0162. The van der Waals surface area contributed by atoms with Gasteiger partial charge in [-0.05, 0) is 25.8 Å². The average molecular weight is 266 g/mol. The van der Waals surface area contributed by atoms with Crippen molar-refractivity contribution >= 4 is 0 Å². The monoisotopic (exact) mass is 266 g/mol. The van der Waals surface area contributed by atoms with E-state index >= 15 is 0 Å². The molecule has 0 amide bonds. The molecule has 0 aliphatic heterocycles. The van der Waals surface area contributed by atoms with Gasteiger partial charge in [0.2, 0.25) is 0 Å². The van der Waals surface area contributed by atoms with Gasteiger partial charge in [-0.1, -0.05) is 31.4 Å². The van der Waals surface area contributed by atoms with Crippen LogP contribution in [0.1, 0.15) is 44.7 Å². The van der Waals surface area contributed by atoms with Crippen molar-refractivity contribution in [2.45, 2.75) is 58.2 Å². The van der Waals surface area contributed by atoms with Crippen LogP contribution in [0, 0.1) is 5.92 Å². The van der Waals surface area contributed by atoms with Gasteiger partial charge in [0, 0.05) is 12.7 Å². The SMILES string of the molecule is CCC1CCCCC1OCCn1cc(CNC)nn1. The second kappa shape index (κ2) is 7.60. The highest BCUT2D eigenvalue weighted by Gasteiger charge is 2.23. The topological polar surface area (TPSA) is 52.0 Å². The van der Waals surface area contributed by atoms with Gasteiger partial charge in [0.1, 0.15) is 0 Å². The molecule has 1 aliphatic carbocycles. The highest BCUT2D eigenvalue weighted by atomic mass is 16.5. The fourth-order valence-corrected chi connectivity index (χ4v) is 2.87. The molecular weight excluding hydrogens is 240 g/mol. The first kappa shape index (κ1) is 14.5. The molecule has 2 rings (SSSR count). The summed E-state index contributed by atoms with van der Waals surface area (Å²) in [5.74, 6) is 0.754. The normalized spacial score (nSPS) is 23.7. The van der Waals surface area contributed by atoms with Gasteiger partial charge in [-0.3, -0.25) is 0 Å². The maximum absolute atomic E-state index is 6.06. The molecule has 1 aromatic heterocycles. The second-order valence-electron chi connectivity index (χ2n) is 5.37. The van der Waals surface area contributed by atoms with Crippen LogP contribution < -0.4 is 5.32 Å². The van der Waals surface area contributed by atoms with Crippen LogP contribution >= 0.6 is 0 Å². The minimum atomic E-state index is 0.457. The molecule has 0 radical (unpaired) electrons. The first-order valence-electron chi connectivity index (χ1n) is 7.48. The summed E-state index contributed by atoms with van der Waals surface area (Å²) in [6.45, 7) is 4.57. The number of hydrogen-bond acceptors (Lipinski definition) is 4. The van der Waals surface area contributed by atoms with Gasteiger partial charge in [0.15, 0.2) is 0 Å². The third kappa shape index (κ3) is 4.28. The van der Waals surface area contributed by atoms with Gasteiger partial charge < -0.3 is 10.1 Å². The number of aromatic nitrogens is 3. The first-order chi connectivity index (χ1) is 9.33. The van der Waals surface area contributed by atoms with Crippen molar-refractivity contribution in [2.75, 3.05) is 13.7 Å². The van der Waals surface area contributed by atoms with Crippen LogP contribution in [0.4, 0.5) is 0 Å². The van der Waals surface area contributed by atoms with Crippen molar-refractivity contribution in [1.29, 1.82) is 0 Å². The van der Waals surface area contributed by atoms with Crippen molar-refractivity contribution in [1.82, 2.24) is 20.3 Å². The van der Waals surface area contributed by atoms with Gasteiger partial charge in [0.05, 0.1) is 24.9 Å². The molecule has 0 bridgehead atoms. The highest BCUT2D eigenvalue weighted by molar-refractivity contribution is 4.90. The first-order valence-corrected chi connectivity index (χ1v) is 7.48. The molecule has 2 unspecified atom stereocenters. The lowest BCUT2D eigenvalue weighted by Gasteiger charge is -2.30. The zero-order valence-corrected chi connectivity index (χ0v) is 12.1. The van der Waals surface area contributed by atoms with E-state index in [9.17, 15) is 0 Å². The van der Waals surface area contributed by atoms with Crippen molar-refractivity contribution < 1.29 is 4.74 Å². The lowest BCUT2D eigenvalue weighted by Crippen LogP contribution is -2.28. The van der Waals surface area contributed by atoms with E-state index in [0.29, 0.717) is 6.10 Å². The summed E-state index contributed by atoms with van der Waals surface area (Å²) >= 11 is 0. The minimum absolute atomic E-state index is 0.457. The molecule has 0 saturated heterocycles. The van der Waals surface area contributed by atoms with E-state index in [4.69, 9.17) is 4.74 Å². The quantitative estimate of drug-likeness (QED) is 0.820. The molecule has 2 atom stereocenters. The molecule has 1 heterocycles. The van der Waals surface area contributed by atoms with Gasteiger partial charge in [-0.25, -0.2) is 4.68 Å². The van der Waals surface area contributed by atoms with Crippen LogP contribution in [-0.2, 0) is 17.8 Å². The van der Waals surface area contributed by atoms with Gasteiger partial charge in [-0.2, -0.15) is 0 Å². The molecule has 1 aliphatic rings. The van der Waals surface area contributed by atoms with Crippen molar-refractivity contribution in [3.8, 4) is 0 Å². The van der Waals surface area contributed by atoms with Gasteiger partial charge >= 0.3 is 0 Å². The molecule has 108 valence electrons.